The van der Waals surface area contributed by atoms with Crippen LogP contribution in [0.1, 0.15) is 36.6 Å². The number of aryl methyl sites for hydroxylation is 1. The van der Waals surface area contributed by atoms with Crippen LogP contribution in [-0.2, 0) is 9.59 Å². The van der Waals surface area contributed by atoms with Crippen LogP contribution < -0.4 is 9.64 Å². The Hall–Kier alpha value is -3.35. The zero-order valence-corrected chi connectivity index (χ0v) is 21.4. The van der Waals surface area contributed by atoms with E-state index in [2.05, 4.69) is 0 Å². The third kappa shape index (κ3) is 4.97. The molecule has 0 bridgehead atoms. The maximum absolute atomic E-state index is 13.7. The van der Waals surface area contributed by atoms with Crippen LogP contribution >= 0.6 is 23.2 Å². The molecule has 186 valence electrons. The van der Waals surface area contributed by atoms with Gasteiger partial charge >= 0.3 is 0 Å². The Kier molecular flexibility index (Phi) is 7.38. The van der Waals surface area contributed by atoms with Gasteiger partial charge in [0.2, 0.25) is 0 Å². The molecule has 0 saturated carbocycles. The number of aliphatic hydroxyl groups excluding tert-OH is 1. The minimum absolute atomic E-state index is 0.118. The van der Waals surface area contributed by atoms with Crippen molar-refractivity contribution in [3.8, 4) is 5.75 Å². The van der Waals surface area contributed by atoms with Gasteiger partial charge in [-0.05, 0) is 72.5 Å². The van der Waals surface area contributed by atoms with Crippen LogP contribution in [0, 0.1) is 18.7 Å². The normalized spacial score (nSPS) is 17.2. The number of Topliss-reactive ketones (excluding diaryl/α,β-unsaturated/α-hetero) is 1. The highest BCUT2D eigenvalue weighted by Crippen LogP contribution is 2.43. The number of ketones is 1. The molecular formula is C28H24Cl2FNO4. The van der Waals surface area contributed by atoms with Gasteiger partial charge in [-0.1, -0.05) is 49.2 Å². The highest BCUT2D eigenvalue weighted by molar-refractivity contribution is 6.52. The molecule has 4 rings (SSSR count). The third-order valence-electron chi connectivity index (χ3n) is 5.83. The molecule has 5 nitrogen and oxygen atoms in total. The van der Waals surface area contributed by atoms with Crippen LogP contribution in [0.3, 0.4) is 0 Å². The topological polar surface area (TPSA) is 66.8 Å². The Morgan fingerprint density at radius 3 is 2.33 bits per heavy atom. The molecular weight excluding hydrogens is 504 g/mol. The maximum atomic E-state index is 13.7. The minimum atomic E-state index is -1.01. The van der Waals surface area contributed by atoms with Gasteiger partial charge in [0, 0.05) is 11.3 Å². The minimum Gasteiger partial charge on any atom is -0.507 e. The van der Waals surface area contributed by atoms with Gasteiger partial charge < -0.3 is 9.84 Å². The van der Waals surface area contributed by atoms with Crippen LogP contribution in [0.2, 0.25) is 10.0 Å². The van der Waals surface area contributed by atoms with E-state index in [1.54, 1.807) is 24.3 Å². The molecule has 0 spiro atoms. The molecule has 1 heterocycles. The van der Waals surface area contributed by atoms with E-state index in [0.29, 0.717) is 35.1 Å². The summed E-state index contributed by atoms with van der Waals surface area (Å²) in [6.07, 6.45) is 0. The number of hydrogen-bond acceptors (Lipinski definition) is 4. The summed E-state index contributed by atoms with van der Waals surface area (Å²) >= 11 is 12.2. The van der Waals surface area contributed by atoms with Crippen molar-refractivity contribution in [3.05, 3.63) is 98.8 Å². The van der Waals surface area contributed by atoms with Gasteiger partial charge in [-0.3, -0.25) is 14.5 Å². The van der Waals surface area contributed by atoms with Crippen molar-refractivity contribution in [2.24, 2.45) is 5.92 Å². The first-order chi connectivity index (χ1) is 17.1. The summed E-state index contributed by atoms with van der Waals surface area (Å²) in [6, 6.07) is 14.0. The zero-order valence-electron chi connectivity index (χ0n) is 19.9. The van der Waals surface area contributed by atoms with Crippen LogP contribution in [0.5, 0.6) is 5.75 Å². The lowest BCUT2D eigenvalue weighted by Gasteiger charge is -2.25. The summed E-state index contributed by atoms with van der Waals surface area (Å²) in [5.41, 5.74) is 1.75. The Bertz CT molecular complexity index is 1370. The molecule has 1 N–H and O–H groups in total. The van der Waals surface area contributed by atoms with E-state index in [9.17, 15) is 19.1 Å². The average Bonchev–Trinajstić information content (AvgIpc) is 3.10. The summed E-state index contributed by atoms with van der Waals surface area (Å²) in [7, 11) is 0. The van der Waals surface area contributed by atoms with E-state index in [1.165, 1.54) is 41.3 Å². The van der Waals surface area contributed by atoms with E-state index in [4.69, 9.17) is 27.9 Å². The van der Waals surface area contributed by atoms with Crippen molar-refractivity contribution in [3.63, 3.8) is 0 Å². The second-order valence-electron chi connectivity index (χ2n) is 9.00. The average molecular weight is 528 g/mol. The number of ether oxygens (including phenoxy) is 1. The maximum Gasteiger partial charge on any atom is 0.300 e. The standard InChI is InChI=1S/C28H24Cl2FNO4/c1-15(2)14-36-23-11-6-18(12-16(23)3)26(33)24-25(17-4-7-19(31)8-5-17)32(28(35)27(24)34)20-9-10-21(29)22(30)13-20/h4-13,15,25,33H,14H2,1-3H3/b26-24+. The molecule has 1 aliphatic rings. The molecule has 0 radical (unpaired) electrons. The molecule has 0 aliphatic carbocycles. The van der Waals surface area contributed by atoms with Gasteiger partial charge in [0.1, 0.15) is 17.3 Å². The van der Waals surface area contributed by atoms with Crippen molar-refractivity contribution >= 4 is 46.3 Å². The fraction of sp³-hybridized carbons (Fsp3) is 0.214. The molecule has 0 aromatic heterocycles. The Morgan fingerprint density at radius 1 is 1.03 bits per heavy atom. The van der Waals surface area contributed by atoms with Crippen LogP contribution in [-0.4, -0.2) is 23.4 Å². The molecule has 1 fully saturated rings. The molecule has 1 aliphatic heterocycles. The second kappa shape index (κ2) is 10.3. The van der Waals surface area contributed by atoms with E-state index in [1.807, 2.05) is 20.8 Å². The second-order valence-corrected chi connectivity index (χ2v) is 9.82. The monoisotopic (exact) mass is 527 g/mol. The summed E-state index contributed by atoms with van der Waals surface area (Å²) in [4.78, 5) is 27.7. The molecule has 36 heavy (non-hydrogen) atoms. The summed E-state index contributed by atoms with van der Waals surface area (Å²) in [5, 5.41) is 11.8. The number of anilines is 1. The molecule has 3 aromatic carbocycles. The Balaban J connectivity index is 1.86. The first-order valence-electron chi connectivity index (χ1n) is 11.3. The molecule has 1 amide bonds. The summed E-state index contributed by atoms with van der Waals surface area (Å²) in [5.74, 6) is -1.54. The Labute approximate surface area is 218 Å². The van der Waals surface area contributed by atoms with Crippen LogP contribution in [0.25, 0.3) is 5.76 Å². The number of amides is 1. The number of benzene rings is 3. The van der Waals surface area contributed by atoms with Crippen molar-refractivity contribution in [1.82, 2.24) is 0 Å². The number of nitrogens with zero attached hydrogens (tertiary/aromatic N) is 1. The summed E-state index contributed by atoms with van der Waals surface area (Å²) in [6.45, 7) is 6.44. The number of carbonyl (C=O) groups is 2. The van der Waals surface area contributed by atoms with Crippen molar-refractivity contribution in [1.29, 1.82) is 0 Å². The first kappa shape index (κ1) is 25.7. The largest absolute Gasteiger partial charge is 0.507 e. The van der Waals surface area contributed by atoms with Crippen molar-refractivity contribution in [2.75, 3.05) is 11.5 Å². The lowest BCUT2D eigenvalue weighted by molar-refractivity contribution is -0.132. The predicted octanol–water partition coefficient (Wildman–Crippen LogP) is 7.10. The zero-order chi connectivity index (χ0) is 26.1. The van der Waals surface area contributed by atoms with Crippen molar-refractivity contribution in [2.45, 2.75) is 26.8 Å². The highest BCUT2D eigenvalue weighted by Gasteiger charge is 2.47. The van der Waals surface area contributed by atoms with E-state index < -0.39 is 23.5 Å². The van der Waals surface area contributed by atoms with E-state index in [-0.39, 0.29) is 21.4 Å². The quantitative estimate of drug-likeness (QED) is 0.211. The lowest BCUT2D eigenvalue weighted by atomic mass is 9.94. The van der Waals surface area contributed by atoms with E-state index >= 15 is 0 Å². The number of carbonyl (C=O) groups excluding carboxylic acids is 2. The number of hydrogen-bond donors (Lipinski definition) is 1. The molecule has 3 aromatic rings. The smallest absolute Gasteiger partial charge is 0.300 e. The van der Waals surface area contributed by atoms with Crippen LogP contribution in [0.4, 0.5) is 10.1 Å². The molecule has 8 heteroatoms. The highest BCUT2D eigenvalue weighted by atomic mass is 35.5. The van der Waals surface area contributed by atoms with Gasteiger partial charge in [0.25, 0.3) is 11.7 Å². The molecule has 1 atom stereocenters. The van der Waals surface area contributed by atoms with Gasteiger partial charge in [-0.25, -0.2) is 4.39 Å². The van der Waals surface area contributed by atoms with Gasteiger partial charge in [0.05, 0.1) is 28.3 Å². The first-order valence-corrected chi connectivity index (χ1v) is 12.1. The fourth-order valence-electron chi connectivity index (χ4n) is 4.06. The lowest BCUT2D eigenvalue weighted by Crippen LogP contribution is -2.29. The van der Waals surface area contributed by atoms with Crippen molar-refractivity contribution < 1.29 is 23.8 Å². The van der Waals surface area contributed by atoms with Gasteiger partial charge in [0.15, 0.2) is 0 Å². The molecule has 1 saturated heterocycles. The third-order valence-corrected chi connectivity index (χ3v) is 6.57. The van der Waals surface area contributed by atoms with E-state index in [0.717, 1.165) is 5.56 Å². The number of aliphatic hydroxyl groups is 1. The number of halogens is 3. The number of rotatable bonds is 6. The van der Waals surface area contributed by atoms with Gasteiger partial charge in [-0.2, -0.15) is 0 Å². The predicted molar refractivity (Wildman–Crippen MR) is 139 cm³/mol. The SMILES string of the molecule is Cc1cc(/C(O)=C2\C(=O)C(=O)N(c3ccc(Cl)c(Cl)c3)C2c2ccc(F)cc2)ccc1OCC(C)C. The molecule has 1 unspecified atom stereocenters. The Morgan fingerprint density at radius 2 is 1.72 bits per heavy atom. The van der Waals surface area contributed by atoms with Crippen LogP contribution in [0.15, 0.2) is 66.2 Å². The van der Waals surface area contributed by atoms with Gasteiger partial charge in [-0.15, -0.1) is 0 Å². The summed E-state index contributed by atoms with van der Waals surface area (Å²) < 4.78 is 19.5. The fourth-order valence-corrected chi connectivity index (χ4v) is 4.36.